The third-order valence-electron chi connectivity index (χ3n) is 15.2. The van der Waals surface area contributed by atoms with Gasteiger partial charge in [0.2, 0.25) is 35.8 Å². The molecule has 0 spiro atoms. The van der Waals surface area contributed by atoms with Gasteiger partial charge in [-0.3, -0.25) is 28.9 Å². The van der Waals surface area contributed by atoms with E-state index in [1.54, 1.807) is 65.6 Å². The number of hydrogen-bond acceptors (Lipinski definition) is 17. The molecule has 2 fully saturated rings. The van der Waals surface area contributed by atoms with Crippen LogP contribution >= 0.6 is 0 Å². The lowest BCUT2D eigenvalue weighted by Gasteiger charge is -2.41. The number of anilines is 1. The van der Waals surface area contributed by atoms with Crippen LogP contribution in [0.4, 0.5) is 10.5 Å². The molecule has 448 valence electrons. The summed E-state index contributed by atoms with van der Waals surface area (Å²) in [5.41, 5.74) is 6.50. The smallest absolute Gasteiger partial charge is 0.410 e. The fraction of sp³-hybridized carbons (Fsp3) is 0.661. The summed E-state index contributed by atoms with van der Waals surface area (Å²) < 4.78 is 28.6. The maximum atomic E-state index is 14.7. The SMILES string of the molecule is CCC(C)C(C(CC(=O)N1CCC[C@H]1C(OC)C(C)C(=O)NC(C)C(O)c1ccccc1)OC)N(C)C(=O)C(NC(=O)C(C(C)C)N(C)C(=O)OCc1ccc(O[C@H]2O[C@H](C(=O)O)[C@@H](O)[C@H](O)[C@H]2O)c(NC(=O)CCN)c1)C(C)C. The van der Waals surface area contributed by atoms with Crippen LogP contribution in [0, 0.1) is 23.7 Å². The second kappa shape index (κ2) is 30.7. The molecule has 2 heterocycles. The van der Waals surface area contributed by atoms with E-state index in [-0.39, 0.29) is 48.6 Å². The molecule has 0 radical (unpaired) electrons. The van der Waals surface area contributed by atoms with Crippen molar-refractivity contribution >= 4 is 47.3 Å². The van der Waals surface area contributed by atoms with Crippen molar-refractivity contribution in [1.29, 1.82) is 0 Å². The van der Waals surface area contributed by atoms with Gasteiger partial charge in [0.25, 0.3) is 0 Å². The van der Waals surface area contributed by atoms with Gasteiger partial charge in [0.15, 0.2) is 6.10 Å². The highest BCUT2D eigenvalue weighted by Crippen LogP contribution is 2.33. The van der Waals surface area contributed by atoms with Crippen LogP contribution in [0.25, 0.3) is 0 Å². The van der Waals surface area contributed by atoms with Gasteiger partial charge in [-0.15, -0.1) is 0 Å². The van der Waals surface area contributed by atoms with Gasteiger partial charge in [0, 0.05) is 47.8 Å². The van der Waals surface area contributed by atoms with Gasteiger partial charge in [-0.05, 0) is 60.8 Å². The summed E-state index contributed by atoms with van der Waals surface area (Å²) in [5.74, 6) is -5.83. The Morgan fingerprint density at radius 1 is 0.850 bits per heavy atom. The van der Waals surface area contributed by atoms with Crippen molar-refractivity contribution in [2.45, 2.75) is 173 Å². The van der Waals surface area contributed by atoms with Crippen molar-refractivity contribution in [3.05, 3.63) is 59.7 Å². The molecule has 4 rings (SSSR count). The number of carboxylic acids is 1. The van der Waals surface area contributed by atoms with Crippen molar-refractivity contribution in [3.63, 3.8) is 0 Å². The normalized spacial score (nSPS) is 22.6. The Labute approximate surface area is 468 Å². The standard InChI is InChI=1S/C56H87N7O17/c1-13-31(6)44(39(76-11)27-41(65)63-25-17-20-37(63)49(77-12)32(7)51(70)58-33(8)45(66)35-18-15-14-16-19-35)61(9)53(72)42(29(2)3)60-52(71)43(30(4)5)62(10)56(75)78-28-34-21-22-38(36(26-34)59-40(64)23-24-57)79-55-48(69)46(67)47(68)50(80-55)54(73)74/h14-16,18-19,21-22,26,29-33,37,39,42-50,55,66-69H,13,17,20,23-25,27-28,57H2,1-12H3,(H,58,70)(H,59,64)(H,60,71)(H,73,74)/t31?,32?,33?,37-,39?,42?,43?,44?,45?,46-,47-,48+,49?,50-,55-/m0/s1. The van der Waals surface area contributed by atoms with E-state index in [2.05, 4.69) is 16.0 Å². The van der Waals surface area contributed by atoms with Gasteiger partial charge in [-0.1, -0.05) is 91.3 Å². The lowest BCUT2D eigenvalue weighted by molar-refractivity contribution is -0.271. The molecular formula is C56H87N7O17. The monoisotopic (exact) mass is 1130 g/mol. The number of aliphatic hydroxyl groups excluding tert-OH is 4. The molecule has 0 bridgehead atoms. The van der Waals surface area contributed by atoms with E-state index in [1.807, 2.05) is 32.0 Å². The quantitative estimate of drug-likeness (QED) is 0.0589. The van der Waals surface area contributed by atoms with Gasteiger partial charge in [-0.25, -0.2) is 9.59 Å². The molecule has 0 saturated carbocycles. The molecule has 9 unspecified atom stereocenters. The number of nitrogens with two attached hydrogens (primary N) is 1. The fourth-order valence-electron chi connectivity index (χ4n) is 10.4. The molecule has 0 aliphatic carbocycles. The number of hydrogen-bond donors (Lipinski definition) is 9. The van der Waals surface area contributed by atoms with Gasteiger partial charge in [0.05, 0.1) is 54.5 Å². The van der Waals surface area contributed by atoms with Gasteiger partial charge >= 0.3 is 12.1 Å². The largest absolute Gasteiger partial charge is 0.479 e. The molecule has 2 saturated heterocycles. The van der Waals surface area contributed by atoms with Crippen LogP contribution in [-0.2, 0) is 54.3 Å². The zero-order chi connectivity index (χ0) is 59.9. The molecule has 6 amide bonds. The number of nitrogens with one attached hydrogen (secondary N) is 3. The predicted octanol–water partition coefficient (Wildman–Crippen LogP) is 2.14. The third-order valence-corrected chi connectivity index (χ3v) is 15.2. The van der Waals surface area contributed by atoms with Crippen molar-refractivity contribution < 1.29 is 82.8 Å². The molecule has 24 nitrogen and oxygen atoms in total. The van der Waals surface area contributed by atoms with E-state index in [1.165, 1.54) is 44.4 Å². The molecule has 2 aliphatic rings. The summed E-state index contributed by atoms with van der Waals surface area (Å²) in [6, 6.07) is 9.20. The first-order valence-corrected chi connectivity index (χ1v) is 27.3. The second-order valence-electron chi connectivity index (χ2n) is 21.6. The van der Waals surface area contributed by atoms with E-state index in [9.17, 15) is 59.1 Å². The third kappa shape index (κ3) is 16.8. The Hall–Kier alpha value is -5.99. The van der Waals surface area contributed by atoms with Crippen molar-refractivity contribution in [1.82, 2.24) is 25.3 Å². The van der Waals surface area contributed by atoms with E-state index < -0.39 is 133 Å². The molecule has 80 heavy (non-hydrogen) atoms. The summed E-state index contributed by atoms with van der Waals surface area (Å²) in [4.78, 5) is 99.7. The topological polar surface area (TPSA) is 339 Å². The number of carbonyl (C=O) groups is 7. The van der Waals surface area contributed by atoms with Crippen LogP contribution < -0.4 is 26.4 Å². The predicted molar refractivity (Wildman–Crippen MR) is 292 cm³/mol. The number of aliphatic hydroxyl groups is 4. The minimum Gasteiger partial charge on any atom is -0.479 e. The summed E-state index contributed by atoms with van der Waals surface area (Å²) >= 11 is 0. The zero-order valence-corrected chi connectivity index (χ0v) is 48.1. The van der Waals surface area contributed by atoms with Crippen molar-refractivity contribution in [3.8, 4) is 5.75 Å². The van der Waals surface area contributed by atoms with Gasteiger partial charge < -0.3 is 80.7 Å². The Kier molecular flexibility index (Phi) is 25.5. The van der Waals surface area contributed by atoms with Crippen LogP contribution in [0.1, 0.15) is 105 Å². The average Bonchev–Trinajstić information content (AvgIpc) is 3.91. The molecule has 2 aromatic rings. The number of carboxylic acid groups (broad SMARTS) is 1. The fourth-order valence-corrected chi connectivity index (χ4v) is 10.4. The zero-order valence-electron chi connectivity index (χ0n) is 48.1. The van der Waals surface area contributed by atoms with E-state index >= 15 is 0 Å². The van der Waals surface area contributed by atoms with Crippen molar-refractivity contribution in [2.75, 3.05) is 46.7 Å². The molecule has 0 aromatic heterocycles. The number of amides is 6. The van der Waals surface area contributed by atoms with Crippen LogP contribution in [0.15, 0.2) is 48.5 Å². The Morgan fingerprint density at radius 3 is 2.09 bits per heavy atom. The second-order valence-corrected chi connectivity index (χ2v) is 21.6. The first-order valence-electron chi connectivity index (χ1n) is 27.3. The number of benzene rings is 2. The maximum absolute atomic E-state index is 14.7. The molecule has 2 aliphatic heterocycles. The Bertz CT molecular complexity index is 2380. The highest BCUT2D eigenvalue weighted by molar-refractivity contribution is 5.93. The molecule has 10 N–H and O–H groups in total. The minimum absolute atomic E-state index is 0.0190. The molecule has 2 aromatic carbocycles. The molecule has 15 atom stereocenters. The number of ether oxygens (including phenoxy) is 5. The van der Waals surface area contributed by atoms with Crippen LogP contribution in [-0.4, -0.2) is 196 Å². The average molecular weight is 1130 g/mol. The summed E-state index contributed by atoms with van der Waals surface area (Å²) in [7, 11) is 5.97. The van der Waals surface area contributed by atoms with Crippen LogP contribution in [0.5, 0.6) is 5.75 Å². The lowest BCUT2D eigenvalue weighted by Crippen LogP contribution is -2.61. The summed E-state index contributed by atoms with van der Waals surface area (Å²) in [5, 5.41) is 59.8. The first kappa shape index (κ1) is 66.5. The number of nitrogens with zero attached hydrogens (tertiary/aromatic N) is 3. The number of rotatable bonds is 28. The first-order chi connectivity index (χ1) is 37.7. The molecular weight excluding hydrogens is 1040 g/mol. The van der Waals surface area contributed by atoms with Crippen LogP contribution in [0.2, 0.25) is 0 Å². The Morgan fingerprint density at radius 2 is 1.51 bits per heavy atom. The van der Waals surface area contributed by atoms with Gasteiger partial charge in [-0.2, -0.15) is 0 Å². The minimum atomic E-state index is -1.97. The van der Waals surface area contributed by atoms with E-state index in [0.717, 1.165) is 4.90 Å². The number of likely N-dealkylation sites (tertiary alicyclic amines) is 1. The lowest BCUT2D eigenvalue weighted by atomic mass is 9.89. The highest BCUT2D eigenvalue weighted by Gasteiger charge is 2.49. The number of likely N-dealkylation sites (N-methyl/N-ethyl adjacent to an activating group) is 2. The number of aliphatic carboxylic acids is 1. The summed E-state index contributed by atoms with van der Waals surface area (Å²) in [6.07, 6.45) is -11.3. The van der Waals surface area contributed by atoms with E-state index in [4.69, 9.17) is 29.4 Å². The Balaban J connectivity index is 1.47. The number of methoxy groups -OCH3 is 2. The van der Waals surface area contributed by atoms with Gasteiger partial charge in [0.1, 0.15) is 42.8 Å². The van der Waals surface area contributed by atoms with E-state index in [0.29, 0.717) is 36.9 Å². The van der Waals surface area contributed by atoms with Crippen molar-refractivity contribution in [2.24, 2.45) is 29.4 Å². The molecule has 24 heteroatoms. The highest BCUT2D eigenvalue weighted by atomic mass is 16.7. The summed E-state index contributed by atoms with van der Waals surface area (Å²) in [6.45, 7) is 14.4. The van der Waals surface area contributed by atoms with Crippen LogP contribution in [0.3, 0.4) is 0 Å². The number of carbonyl (C=O) groups excluding carboxylic acids is 6. The maximum Gasteiger partial charge on any atom is 0.410 e.